The van der Waals surface area contributed by atoms with Gasteiger partial charge in [-0.15, -0.1) is 0 Å². The molecule has 1 atom stereocenters. The monoisotopic (exact) mass is 1120 g/mol. The maximum Gasteiger partial charge on any atom is 0.306 e. The average molecular weight is 1120 g/mol. The maximum absolute atomic E-state index is 12.9. The fraction of sp³-hybridized carbons (Fsp3) is 0.797. The number of carbonyl (C=O) groups is 3. The summed E-state index contributed by atoms with van der Waals surface area (Å²) in [6, 6.07) is 0. The Balaban J connectivity index is 4.13. The summed E-state index contributed by atoms with van der Waals surface area (Å²) in [4.78, 5) is 38.3. The molecule has 0 saturated carbocycles. The Labute approximate surface area is 497 Å². The number of hydrogen-bond donors (Lipinski definition) is 0. The van der Waals surface area contributed by atoms with Crippen molar-refractivity contribution in [3.63, 3.8) is 0 Å². The third-order valence-electron chi connectivity index (χ3n) is 15.4. The number of rotatable bonds is 64. The highest BCUT2D eigenvalue weighted by Gasteiger charge is 2.19. The SMILES string of the molecule is CC/C=C\C/C=C\C/C=C\C/C=C\CCCCCCCCCCCCCCCCCCCCCCC(=O)OCC(COC(=O)CCCCCCC/C=C\C/C=C\CCCC)OC(=O)CCCCCCCCCCCCCCCCC. The first-order valence-electron chi connectivity index (χ1n) is 34.9. The van der Waals surface area contributed by atoms with Gasteiger partial charge < -0.3 is 14.2 Å². The highest BCUT2D eigenvalue weighted by molar-refractivity contribution is 5.71. The minimum absolute atomic E-state index is 0.0738. The van der Waals surface area contributed by atoms with Gasteiger partial charge in [-0.25, -0.2) is 0 Å². The van der Waals surface area contributed by atoms with Crippen LogP contribution in [-0.4, -0.2) is 37.2 Å². The topological polar surface area (TPSA) is 78.9 Å². The van der Waals surface area contributed by atoms with E-state index in [4.69, 9.17) is 14.2 Å². The van der Waals surface area contributed by atoms with Crippen LogP contribution in [0, 0.1) is 0 Å². The molecule has 0 fully saturated rings. The largest absolute Gasteiger partial charge is 0.462 e. The van der Waals surface area contributed by atoms with E-state index in [0.717, 1.165) is 103 Å². The molecule has 80 heavy (non-hydrogen) atoms. The van der Waals surface area contributed by atoms with Crippen LogP contribution in [0.3, 0.4) is 0 Å². The van der Waals surface area contributed by atoms with Crippen LogP contribution in [0.2, 0.25) is 0 Å². The Morgan fingerprint density at radius 3 is 0.800 bits per heavy atom. The van der Waals surface area contributed by atoms with Gasteiger partial charge in [0.05, 0.1) is 0 Å². The van der Waals surface area contributed by atoms with Gasteiger partial charge in [0.15, 0.2) is 6.10 Å². The average Bonchev–Trinajstić information content (AvgIpc) is 3.46. The van der Waals surface area contributed by atoms with Crippen molar-refractivity contribution in [3.8, 4) is 0 Å². The summed E-state index contributed by atoms with van der Waals surface area (Å²) in [5, 5.41) is 0. The van der Waals surface area contributed by atoms with Gasteiger partial charge >= 0.3 is 17.9 Å². The summed E-state index contributed by atoms with van der Waals surface area (Å²) < 4.78 is 17.0. The quantitative estimate of drug-likeness (QED) is 0.0261. The molecule has 0 rings (SSSR count). The van der Waals surface area contributed by atoms with E-state index < -0.39 is 6.10 Å². The summed E-state index contributed by atoms with van der Waals surface area (Å²) in [6.45, 7) is 6.53. The summed E-state index contributed by atoms with van der Waals surface area (Å²) in [5.41, 5.74) is 0. The second kappa shape index (κ2) is 68.3. The Hall–Kier alpha value is -3.15. The van der Waals surface area contributed by atoms with Crippen molar-refractivity contribution >= 4 is 17.9 Å². The number of esters is 3. The zero-order valence-corrected chi connectivity index (χ0v) is 53.3. The molecular weight excluding hydrogens is 985 g/mol. The van der Waals surface area contributed by atoms with Crippen LogP contribution in [0.5, 0.6) is 0 Å². The molecule has 1 unspecified atom stereocenters. The molecule has 0 spiro atoms. The fourth-order valence-electron chi connectivity index (χ4n) is 10.2. The summed E-state index contributed by atoms with van der Waals surface area (Å²) in [6.07, 6.45) is 89.4. The van der Waals surface area contributed by atoms with Gasteiger partial charge in [0.25, 0.3) is 0 Å². The first-order chi connectivity index (χ1) is 39.5. The van der Waals surface area contributed by atoms with Crippen molar-refractivity contribution in [1.29, 1.82) is 0 Å². The molecule has 0 heterocycles. The van der Waals surface area contributed by atoms with Crippen molar-refractivity contribution in [2.45, 2.75) is 367 Å². The van der Waals surface area contributed by atoms with E-state index in [2.05, 4.69) is 93.7 Å². The first kappa shape index (κ1) is 76.9. The van der Waals surface area contributed by atoms with Gasteiger partial charge in [0, 0.05) is 19.3 Å². The minimum Gasteiger partial charge on any atom is -0.462 e. The van der Waals surface area contributed by atoms with E-state index in [1.54, 1.807) is 0 Å². The Bertz CT molecular complexity index is 1470. The molecule has 0 amide bonds. The molecule has 6 nitrogen and oxygen atoms in total. The fourth-order valence-corrected chi connectivity index (χ4v) is 10.2. The first-order valence-corrected chi connectivity index (χ1v) is 34.9. The van der Waals surface area contributed by atoms with E-state index in [1.807, 2.05) is 0 Å². The molecule has 0 radical (unpaired) electrons. The van der Waals surface area contributed by atoms with E-state index in [0.29, 0.717) is 19.3 Å². The molecule has 0 aliphatic carbocycles. The lowest BCUT2D eigenvalue weighted by Gasteiger charge is -2.18. The molecule has 464 valence electrons. The zero-order chi connectivity index (χ0) is 57.8. The number of unbranched alkanes of at least 4 members (excludes halogenated alkanes) is 41. The highest BCUT2D eigenvalue weighted by Crippen LogP contribution is 2.18. The van der Waals surface area contributed by atoms with Crippen LogP contribution in [-0.2, 0) is 28.6 Å². The highest BCUT2D eigenvalue weighted by atomic mass is 16.6. The molecule has 6 heteroatoms. The van der Waals surface area contributed by atoms with Crippen LogP contribution in [0.25, 0.3) is 0 Å². The molecule has 0 aromatic heterocycles. The van der Waals surface area contributed by atoms with E-state index in [9.17, 15) is 14.4 Å². The zero-order valence-electron chi connectivity index (χ0n) is 53.3. The van der Waals surface area contributed by atoms with Crippen LogP contribution in [0.15, 0.2) is 72.9 Å². The second-order valence-electron chi connectivity index (χ2n) is 23.4. The Morgan fingerprint density at radius 2 is 0.500 bits per heavy atom. The van der Waals surface area contributed by atoms with Crippen molar-refractivity contribution in [2.75, 3.05) is 13.2 Å². The molecule has 0 saturated heterocycles. The minimum atomic E-state index is -0.777. The van der Waals surface area contributed by atoms with E-state index >= 15 is 0 Å². The van der Waals surface area contributed by atoms with E-state index in [-0.39, 0.29) is 31.1 Å². The second-order valence-corrected chi connectivity index (χ2v) is 23.4. The van der Waals surface area contributed by atoms with Crippen LogP contribution in [0.4, 0.5) is 0 Å². The van der Waals surface area contributed by atoms with Gasteiger partial charge in [-0.3, -0.25) is 14.4 Å². The van der Waals surface area contributed by atoms with Crippen molar-refractivity contribution in [2.24, 2.45) is 0 Å². The van der Waals surface area contributed by atoms with Gasteiger partial charge in [-0.2, -0.15) is 0 Å². The van der Waals surface area contributed by atoms with Crippen LogP contribution >= 0.6 is 0 Å². The third-order valence-corrected chi connectivity index (χ3v) is 15.4. The number of hydrogen-bond acceptors (Lipinski definition) is 6. The number of allylic oxidation sites excluding steroid dienone is 12. The lowest BCUT2D eigenvalue weighted by atomic mass is 10.0. The van der Waals surface area contributed by atoms with Crippen LogP contribution in [0.1, 0.15) is 361 Å². The van der Waals surface area contributed by atoms with Gasteiger partial charge in [-0.1, -0.05) is 331 Å². The molecular formula is C74H132O6. The predicted molar refractivity (Wildman–Crippen MR) is 348 cm³/mol. The molecule has 0 aromatic rings. The van der Waals surface area contributed by atoms with Crippen molar-refractivity contribution in [3.05, 3.63) is 72.9 Å². The summed E-state index contributed by atoms with van der Waals surface area (Å²) in [7, 11) is 0. The molecule has 0 N–H and O–H groups in total. The standard InChI is InChI=1S/C74H132O6/c1-4-7-10-13-16-19-22-25-28-29-30-31-32-33-34-35-36-37-38-39-40-41-42-43-44-45-47-49-52-55-58-61-64-67-73(76)79-70-71(69-78-72(75)66-63-60-57-54-51-48-27-24-21-18-15-12-9-6-3)80-74(77)68-65-62-59-56-53-50-46-26-23-20-17-14-11-8-5-2/h7,10,15-16,18-19,24-25,27-28,30-31,71H,4-6,8-9,11-14,17,20-23,26,29,32-70H2,1-3H3/b10-7-,18-15-,19-16-,27-24-,28-25-,31-30-. The lowest BCUT2D eigenvalue weighted by molar-refractivity contribution is -0.167. The van der Waals surface area contributed by atoms with Crippen molar-refractivity contribution in [1.82, 2.24) is 0 Å². The van der Waals surface area contributed by atoms with Gasteiger partial charge in [0.2, 0.25) is 0 Å². The Kier molecular flexibility index (Phi) is 65.7. The predicted octanol–water partition coefficient (Wildman–Crippen LogP) is 24.1. The Morgan fingerprint density at radius 1 is 0.263 bits per heavy atom. The molecule has 0 aliphatic heterocycles. The molecule has 0 aromatic carbocycles. The van der Waals surface area contributed by atoms with E-state index in [1.165, 1.54) is 218 Å². The smallest absolute Gasteiger partial charge is 0.306 e. The normalized spacial score (nSPS) is 12.5. The molecule has 0 aliphatic rings. The summed E-state index contributed by atoms with van der Waals surface area (Å²) >= 11 is 0. The lowest BCUT2D eigenvalue weighted by Crippen LogP contribution is -2.30. The van der Waals surface area contributed by atoms with Crippen LogP contribution < -0.4 is 0 Å². The van der Waals surface area contributed by atoms with Gasteiger partial charge in [0.1, 0.15) is 13.2 Å². The third kappa shape index (κ3) is 65.7. The van der Waals surface area contributed by atoms with Gasteiger partial charge in [-0.05, 0) is 83.5 Å². The number of ether oxygens (including phenoxy) is 3. The van der Waals surface area contributed by atoms with Crippen molar-refractivity contribution < 1.29 is 28.6 Å². The maximum atomic E-state index is 12.9. The summed E-state index contributed by atoms with van der Waals surface area (Å²) in [5.74, 6) is -0.866. The molecule has 0 bridgehead atoms. The number of carbonyl (C=O) groups excluding carboxylic acids is 3.